The van der Waals surface area contributed by atoms with E-state index in [-0.39, 0.29) is 0 Å². The molecule has 0 aliphatic carbocycles. The maximum absolute atomic E-state index is 5.95. The Bertz CT molecular complexity index is 106. The summed E-state index contributed by atoms with van der Waals surface area (Å²) in [4.78, 5) is 0. The van der Waals surface area contributed by atoms with Crippen LogP contribution < -0.4 is 5.73 Å². The molecule has 2 N–H and O–H groups in total. The highest BCUT2D eigenvalue weighted by molar-refractivity contribution is 4.65. The molecular weight excluding hydrogens is 162 g/mol. The largest absolute Gasteiger partial charge is 0.382 e. The van der Waals surface area contributed by atoms with E-state index in [1.807, 2.05) is 0 Å². The summed E-state index contributed by atoms with van der Waals surface area (Å²) in [6, 6.07) is 0.326. The Balaban J connectivity index is 3.24. The molecule has 0 fully saturated rings. The lowest BCUT2D eigenvalue weighted by atomic mass is 10.0. The van der Waals surface area contributed by atoms with Gasteiger partial charge in [0.1, 0.15) is 0 Å². The van der Waals surface area contributed by atoms with Gasteiger partial charge in [-0.15, -0.1) is 0 Å². The number of hydrogen-bond donors (Lipinski definition) is 1. The number of methoxy groups -OCH3 is 1. The van der Waals surface area contributed by atoms with Crippen LogP contribution in [0, 0.1) is 0 Å². The van der Waals surface area contributed by atoms with Crippen molar-refractivity contribution in [3.63, 3.8) is 0 Å². The first kappa shape index (κ1) is 12.9. The highest BCUT2D eigenvalue weighted by atomic mass is 16.5. The van der Waals surface area contributed by atoms with Gasteiger partial charge in [0.25, 0.3) is 0 Å². The third-order valence-corrected chi connectivity index (χ3v) is 2.47. The van der Waals surface area contributed by atoms with E-state index in [2.05, 4.69) is 13.8 Å². The Morgan fingerprint density at radius 2 is 1.92 bits per heavy atom. The molecule has 0 heterocycles. The zero-order chi connectivity index (χ0) is 10.1. The molecule has 2 unspecified atom stereocenters. The second-order valence-electron chi connectivity index (χ2n) is 3.89. The summed E-state index contributed by atoms with van der Waals surface area (Å²) in [7, 11) is 1.74. The standard InChI is InChI=1S/C11H25NO/c1-4-5-6-7-8-11(12)9-10(2)13-3/h10-11H,4-9,12H2,1-3H3. The lowest BCUT2D eigenvalue weighted by molar-refractivity contribution is 0.103. The molecule has 13 heavy (non-hydrogen) atoms. The molecule has 80 valence electrons. The topological polar surface area (TPSA) is 35.2 Å². The summed E-state index contributed by atoms with van der Waals surface area (Å²) in [5.74, 6) is 0. The first-order valence-corrected chi connectivity index (χ1v) is 5.49. The van der Waals surface area contributed by atoms with Crippen molar-refractivity contribution in [1.82, 2.24) is 0 Å². The smallest absolute Gasteiger partial charge is 0.0558 e. The predicted molar refractivity (Wildman–Crippen MR) is 57.8 cm³/mol. The third-order valence-electron chi connectivity index (χ3n) is 2.47. The molecular formula is C11H25NO. The number of hydrogen-bond acceptors (Lipinski definition) is 2. The van der Waals surface area contributed by atoms with Crippen LogP contribution >= 0.6 is 0 Å². The van der Waals surface area contributed by atoms with Crippen molar-refractivity contribution >= 4 is 0 Å². The van der Waals surface area contributed by atoms with Gasteiger partial charge in [0.2, 0.25) is 0 Å². The molecule has 0 saturated carbocycles. The van der Waals surface area contributed by atoms with Crippen LogP contribution in [0.15, 0.2) is 0 Å². The fraction of sp³-hybridized carbons (Fsp3) is 1.00. The molecule has 0 saturated heterocycles. The molecule has 0 aromatic rings. The van der Waals surface area contributed by atoms with E-state index in [0.29, 0.717) is 12.1 Å². The molecule has 2 nitrogen and oxygen atoms in total. The molecule has 0 aliphatic rings. The first-order valence-electron chi connectivity index (χ1n) is 5.49. The maximum atomic E-state index is 5.95. The lowest BCUT2D eigenvalue weighted by Gasteiger charge is -2.15. The van der Waals surface area contributed by atoms with Crippen molar-refractivity contribution in [1.29, 1.82) is 0 Å². The van der Waals surface area contributed by atoms with Gasteiger partial charge in [-0.3, -0.25) is 0 Å². The van der Waals surface area contributed by atoms with Crippen LogP contribution in [0.1, 0.15) is 52.4 Å². The van der Waals surface area contributed by atoms with E-state index in [0.717, 1.165) is 12.8 Å². The third kappa shape index (κ3) is 8.26. The Kier molecular flexibility index (Phi) is 8.46. The van der Waals surface area contributed by atoms with Crippen LogP contribution in [0.2, 0.25) is 0 Å². The minimum Gasteiger partial charge on any atom is -0.382 e. The summed E-state index contributed by atoms with van der Waals surface area (Å²) < 4.78 is 5.17. The van der Waals surface area contributed by atoms with E-state index in [1.165, 1.54) is 25.7 Å². The minimum atomic E-state index is 0.307. The van der Waals surface area contributed by atoms with Gasteiger partial charge < -0.3 is 10.5 Å². The van der Waals surface area contributed by atoms with Crippen LogP contribution in [0.4, 0.5) is 0 Å². The molecule has 2 heteroatoms. The van der Waals surface area contributed by atoms with Gasteiger partial charge in [0, 0.05) is 13.2 Å². The van der Waals surface area contributed by atoms with Gasteiger partial charge in [-0.2, -0.15) is 0 Å². The minimum absolute atomic E-state index is 0.307. The molecule has 0 amide bonds. The normalized spacial score (nSPS) is 15.7. The van der Waals surface area contributed by atoms with Crippen molar-refractivity contribution < 1.29 is 4.74 Å². The summed E-state index contributed by atoms with van der Waals surface area (Å²) in [6.07, 6.45) is 7.67. The zero-order valence-corrected chi connectivity index (χ0v) is 9.38. The molecule has 0 aliphatic heterocycles. The first-order chi connectivity index (χ1) is 6.20. The summed E-state index contributed by atoms with van der Waals surface area (Å²) in [5.41, 5.74) is 5.95. The van der Waals surface area contributed by atoms with Gasteiger partial charge in [-0.05, 0) is 19.8 Å². The quantitative estimate of drug-likeness (QED) is 0.593. The fourth-order valence-electron chi connectivity index (χ4n) is 1.47. The SMILES string of the molecule is CCCCCCC(N)CC(C)OC. The lowest BCUT2D eigenvalue weighted by Crippen LogP contribution is -2.25. The van der Waals surface area contributed by atoms with Crippen molar-refractivity contribution in [2.75, 3.05) is 7.11 Å². The van der Waals surface area contributed by atoms with Gasteiger partial charge in [0.05, 0.1) is 6.10 Å². The Morgan fingerprint density at radius 3 is 2.46 bits per heavy atom. The number of unbranched alkanes of at least 4 members (excludes halogenated alkanes) is 3. The Labute approximate surface area is 82.8 Å². The average Bonchev–Trinajstić information content (AvgIpc) is 2.12. The van der Waals surface area contributed by atoms with Crippen LogP contribution in [0.5, 0.6) is 0 Å². The predicted octanol–water partition coefficient (Wildman–Crippen LogP) is 2.71. The molecule has 2 atom stereocenters. The van der Waals surface area contributed by atoms with Crippen molar-refractivity contribution in [3.05, 3.63) is 0 Å². The van der Waals surface area contributed by atoms with Gasteiger partial charge in [0.15, 0.2) is 0 Å². The summed E-state index contributed by atoms with van der Waals surface area (Å²) in [6.45, 7) is 4.30. The van der Waals surface area contributed by atoms with Crippen molar-refractivity contribution in [2.24, 2.45) is 5.73 Å². The van der Waals surface area contributed by atoms with Gasteiger partial charge >= 0.3 is 0 Å². The molecule has 0 bridgehead atoms. The monoisotopic (exact) mass is 187 g/mol. The Morgan fingerprint density at radius 1 is 1.23 bits per heavy atom. The van der Waals surface area contributed by atoms with E-state index in [1.54, 1.807) is 7.11 Å². The number of ether oxygens (including phenoxy) is 1. The fourth-order valence-corrected chi connectivity index (χ4v) is 1.47. The summed E-state index contributed by atoms with van der Waals surface area (Å²) >= 11 is 0. The van der Waals surface area contributed by atoms with Gasteiger partial charge in [-0.25, -0.2) is 0 Å². The van der Waals surface area contributed by atoms with Crippen LogP contribution in [-0.4, -0.2) is 19.3 Å². The van der Waals surface area contributed by atoms with E-state index >= 15 is 0 Å². The Hall–Kier alpha value is -0.0800. The molecule has 0 rings (SSSR count). The van der Waals surface area contributed by atoms with Crippen LogP contribution in [0.3, 0.4) is 0 Å². The van der Waals surface area contributed by atoms with E-state index < -0.39 is 0 Å². The van der Waals surface area contributed by atoms with Crippen molar-refractivity contribution in [2.45, 2.75) is 64.5 Å². The van der Waals surface area contributed by atoms with Crippen LogP contribution in [-0.2, 0) is 4.74 Å². The van der Waals surface area contributed by atoms with Gasteiger partial charge in [-0.1, -0.05) is 32.6 Å². The zero-order valence-electron chi connectivity index (χ0n) is 9.38. The van der Waals surface area contributed by atoms with E-state index in [4.69, 9.17) is 10.5 Å². The maximum Gasteiger partial charge on any atom is 0.0558 e. The summed E-state index contributed by atoms with van der Waals surface area (Å²) in [5, 5.41) is 0. The average molecular weight is 187 g/mol. The molecule has 0 radical (unpaired) electrons. The highest BCUT2D eigenvalue weighted by Crippen LogP contribution is 2.08. The number of nitrogens with two attached hydrogens (primary N) is 1. The van der Waals surface area contributed by atoms with Crippen LogP contribution in [0.25, 0.3) is 0 Å². The molecule has 0 aromatic heterocycles. The second-order valence-corrected chi connectivity index (χ2v) is 3.89. The number of rotatable bonds is 8. The molecule has 0 aromatic carbocycles. The molecule has 0 spiro atoms. The van der Waals surface area contributed by atoms with Crippen molar-refractivity contribution in [3.8, 4) is 0 Å². The highest BCUT2D eigenvalue weighted by Gasteiger charge is 2.07. The second kappa shape index (κ2) is 8.52. The van der Waals surface area contributed by atoms with E-state index in [9.17, 15) is 0 Å².